The fourth-order valence-electron chi connectivity index (χ4n) is 3.95. The molecule has 1 aromatic rings. The molecule has 2 saturated heterocycles. The SMILES string of the molecule is Cc1ccc(CCC(=O)N(CC2CCCS2)C2C(C)NNC2C)cc1. The van der Waals surface area contributed by atoms with Gasteiger partial charge in [0.15, 0.2) is 0 Å². The van der Waals surface area contributed by atoms with E-state index in [2.05, 4.69) is 60.8 Å². The molecule has 0 radical (unpaired) electrons. The third-order valence-corrected chi connectivity index (χ3v) is 6.80. The van der Waals surface area contributed by atoms with E-state index in [-0.39, 0.29) is 18.1 Å². The van der Waals surface area contributed by atoms with Crippen LogP contribution in [0.5, 0.6) is 0 Å². The summed E-state index contributed by atoms with van der Waals surface area (Å²) in [7, 11) is 0. The van der Waals surface area contributed by atoms with Crippen LogP contribution < -0.4 is 10.9 Å². The zero-order valence-electron chi connectivity index (χ0n) is 15.6. The summed E-state index contributed by atoms with van der Waals surface area (Å²) in [6, 6.07) is 9.33. The van der Waals surface area contributed by atoms with Crippen LogP contribution in [0.25, 0.3) is 0 Å². The molecule has 4 nitrogen and oxygen atoms in total. The second-order valence-electron chi connectivity index (χ2n) is 7.52. The maximum atomic E-state index is 13.1. The Morgan fingerprint density at radius 3 is 2.48 bits per heavy atom. The summed E-state index contributed by atoms with van der Waals surface area (Å²) in [5, 5.41) is 0.600. The quantitative estimate of drug-likeness (QED) is 0.818. The largest absolute Gasteiger partial charge is 0.335 e. The number of hydrogen-bond acceptors (Lipinski definition) is 4. The molecule has 0 aromatic heterocycles. The maximum absolute atomic E-state index is 13.1. The second-order valence-corrected chi connectivity index (χ2v) is 8.93. The van der Waals surface area contributed by atoms with Crippen LogP contribution in [0.4, 0.5) is 0 Å². The normalized spacial score (nSPS) is 29.1. The highest BCUT2D eigenvalue weighted by atomic mass is 32.2. The van der Waals surface area contributed by atoms with Crippen LogP contribution in [0.2, 0.25) is 0 Å². The summed E-state index contributed by atoms with van der Waals surface area (Å²) in [4.78, 5) is 15.3. The molecule has 2 heterocycles. The van der Waals surface area contributed by atoms with Gasteiger partial charge in [-0.2, -0.15) is 11.8 Å². The van der Waals surface area contributed by atoms with E-state index in [1.165, 1.54) is 29.7 Å². The Morgan fingerprint density at radius 1 is 1.20 bits per heavy atom. The third-order valence-electron chi connectivity index (χ3n) is 5.42. The van der Waals surface area contributed by atoms with Gasteiger partial charge in [-0.15, -0.1) is 0 Å². The van der Waals surface area contributed by atoms with Crippen LogP contribution in [-0.2, 0) is 11.2 Å². The van der Waals surface area contributed by atoms with Gasteiger partial charge in [0.05, 0.1) is 6.04 Å². The minimum Gasteiger partial charge on any atom is -0.335 e. The lowest BCUT2D eigenvalue weighted by atomic mass is 10.0. The molecule has 1 amide bonds. The van der Waals surface area contributed by atoms with Crippen molar-refractivity contribution in [2.24, 2.45) is 0 Å². The van der Waals surface area contributed by atoms with E-state index in [0.29, 0.717) is 17.6 Å². The highest BCUT2D eigenvalue weighted by Crippen LogP contribution is 2.29. The number of thioether (sulfide) groups is 1. The average molecular weight is 362 g/mol. The number of rotatable bonds is 6. The van der Waals surface area contributed by atoms with Crippen LogP contribution in [0.15, 0.2) is 24.3 Å². The summed E-state index contributed by atoms with van der Waals surface area (Å²) in [6.07, 6.45) is 3.94. The first kappa shape index (κ1) is 18.7. The zero-order valence-corrected chi connectivity index (χ0v) is 16.4. The Balaban J connectivity index is 1.66. The number of nitrogens with zero attached hydrogens (tertiary/aromatic N) is 1. The van der Waals surface area contributed by atoms with Crippen molar-refractivity contribution in [2.45, 2.75) is 69.8 Å². The van der Waals surface area contributed by atoms with Gasteiger partial charge in [-0.1, -0.05) is 29.8 Å². The first-order chi connectivity index (χ1) is 12.0. The Labute approximate surface area is 156 Å². The van der Waals surface area contributed by atoms with Gasteiger partial charge >= 0.3 is 0 Å². The van der Waals surface area contributed by atoms with Crippen LogP contribution in [0.1, 0.15) is 44.2 Å². The van der Waals surface area contributed by atoms with Gasteiger partial charge in [-0.25, -0.2) is 0 Å². The smallest absolute Gasteiger partial charge is 0.223 e. The maximum Gasteiger partial charge on any atom is 0.223 e. The lowest BCUT2D eigenvalue weighted by molar-refractivity contribution is -0.134. The van der Waals surface area contributed by atoms with Crippen LogP contribution in [0, 0.1) is 6.92 Å². The summed E-state index contributed by atoms with van der Waals surface area (Å²) in [5.74, 6) is 1.53. The lowest BCUT2D eigenvalue weighted by Crippen LogP contribution is -2.52. The molecule has 2 N–H and O–H groups in total. The molecule has 2 aliphatic heterocycles. The lowest BCUT2D eigenvalue weighted by Gasteiger charge is -2.35. The highest BCUT2D eigenvalue weighted by Gasteiger charge is 2.38. The van der Waals surface area contributed by atoms with Crippen molar-refractivity contribution >= 4 is 17.7 Å². The Morgan fingerprint density at radius 2 is 1.88 bits per heavy atom. The van der Waals surface area contributed by atoms with E-state index in [1.54, 1.807) is 0 Å². The highest BCUT2D eigenvalue weighted by molar-refractivity contribution is 8.00. The molecule has 0 spiro atoms. The van der Waals surface area contributed by atoms with Crippen molar-refractivity contribution < 1.29 is 4.79 Å². The topological polar surface area (TPSA) is 44.4 Å². The van der Waals surface area contributed by atoms with Crippen molar-refractivity contribution in [1.82, 2.24) is 15.8 Å². The van der Waals surface area contributed by atoms with Crippen LogP contribution in [-0.4, -0.2) is 46.5 Å². The number of carbonyl (C=O) groups excluding carboxylic acids is 1. The van der Waals surface area contributed by atoms with Crippen molar-refractivity contribution in [3.63, 3.8) is 0 Å². The summed E-state index contributed by atoms with van der Waals surface area (Å²) in [5.41, 5.74) is 9.13. The van der Waals surface area contributed by atoms with E-state index >= 15 is 0 Å². The van der Waals surface area contributed by atoms with Crippen LogP contribution in [0.3, 0.4) is 0 Å². The summed E-state index contributed by atoms with van der Waals surface area (Å²) < 4.78 is 0. The Bertz CT molecular complexity index is 561. The number of aryl methyl sites for hydroxylation is 2. The fourth-order valence-corrected chi connectivity index (χ4v) is 5.22. The summed E-state index contributed by atoms with van der Waals surface area (Å²) >= 11 is 2.03. The molecule has 2 aliphatic rings. The standard InChI is InChI=1S/C20H31N3OS/c1-14-6-8-17(9-7-14)10-11-19(24)23(13-18-5-4-12-25-18)20-15(2)21-22-16(20)3/h6-9,15-16,18,20-22H,4-5,10-13H2,1-3H3. The molecule has 3 rings (SSSR count). The van der Waals surface area contributed by atoms with Gasteiger partial charge in [0.1, 0.15) is 0 Å². The molecule has 138 valence electrons. The number of benzene rings is 1. The minimum absolute atomic E-state index is 0.228. The summed E-state index contributed by atoms with van der Waals surface area (Å²) in [6.45, 7) is 7.32. The average Bonchev–Trinajstić information content (AvgIpc) is 3.22. The molecule has 5 heteroatoms. The van der Waals surface area contributed by atoms with Crippen molar-refractivity contribution in [1.29, 1.82) is 0 Å². The van der Waals surface area contributed by atoms with Gasteiger partial charge in [-0.3, -0.25) is 15.6 Å². The molecule has 1 aromatic carbocycles. The molecule has 0 aliphatic carbocycles. The molecular formula is C20H31N3OS. The zero-order chi connectivity index (χ0) is 17.8. The predicted octanol–water partition coefficient (Wildman–Crippen LogP) is 2.91. The van der Waals surface area contributed by atoms with Crippen LogP contribution >= 0.6 is 11.8 Å². The van der Waals surface area contributed by atoms with Crippen molar-refractivity contribution in [3.8, 4) is 0 Å². The fraction of sp³-hybridized carbons (Fsp3) is 0.650. The van der Waals surface area contributed by atoms with E-state index < -0.39 is 0 Å². The molecule has 0 saturated carbocycles. The van der Waals surface area contributed by atoms with Crippen molar-refractivity contribution in [2.75, 3.05) is 12.3 Å². The number of nitrogens with one attached hydrogen (secondary N) is 2. The monoisotopic (exact) mass is 361 g/mol. The van der Waals surface area contributed by atoms with Gasteiger partial charge in [0.25, 0.3) is 0 Å². The van der Waals surface area contributed by atoms with Gasteiger partial charge in [0.2, 0.25) is 5.91 Å². The Hall–Kier alpha value is -1.04. The number of hydrazine groups is 1. The molecule has 3 unspecified atom stereocenters. The molecule has 25 heavy (non-hydrogen) atoms. The molecule has 3 atom stereocenters. The van der Waals surface area contributed by atoms with Crippen molar-refractivity contribution in [3.05, 3.63) is 35.4 Å². The van der Waals surface area contributed by atoms with E-state index in [4.69, 9.17) is 0 Å². The van der Waals surface area contributed by atoms with E-state index in [1.807, 2.05) is 11.8 Å². The number of carbonyl (C=O) groups is 1. The first-order valence-electron chi connectivity index (χ1n) is 9.52. The van der Waals surface area contributed by atoms with E-state index in [9.17, 15) is 4.79 Å². The van der Waals surface area contributed by atoms with E-state index in [0.717, 1.165) is 13.0 Å². The predicted molar refractivity (Wildman–Crippen MR) is 106 cm³/mol. The third kappa shape index (κ3) is 4.78. The Kier molecular flexibility index (Phi) is 6.42. The number of hydrogen-bond donors (Lipinski definition) is 2. The molecule has 2 fully saturated rings. The van der Waals surface area contributed by atoms with Gasteiger partial charge < -0.3 is 4.90 Å². The molecular weight excluding hydrogens is 330 g/mol. The number of amides is 1. The van der Waals surface area contributed by atoms with Gasteiger partial charge in [-0.05, 0) is 51.3 Å². The molecule has 0 bridgehead atoms. The second kappa shape index (κ2) is 8.56. The first-order valence-corrected chi connectivity index (χ1v) is 10.6. The minimum atomic E-state index is 0.228. The van der Waals surface area contributed by atoms with Gasteiger partial charge in [0, 0.05) is 30.3 Å².